The summed E-state index contributed by atoms with van der Waals surface area (Å²) < 4.78 is 13.7. The summed E-state index contributed by atoms with van der Waals surface area (Å²) in [6.45, 7) is 5.51. The van der Waals surface area contributed by atoms with Crippen LogP contribution in [0.1, 0.15) is 38.2 Å². The van der Waals surface area contributed by atoms with Gasteiger partial charge in [-0.25, -0.2) is 9.38 Å². The number of nitrogens with zero attached hydrogens (tertiary/aromatic N) is 2. The number of rotatable bonds is 3. The molecule has 1 saturated heterocycles. The van der Waals surface area contributed by atoms with E-state index in [0.29, 0.717) is 17.5 Å². The first-order valence-corrected chi connectivity index (χ1v) is 7.99. The van der Waals surface area contributed by atoms with E-state index in [0.717, 1.165) is 25.6 Å². The molecule has 0 amide bonds. The lowest BCUT2D eigenvalue weighted by Crippen LogP contribution is -2.42. The number of benzene rings is 1. The fraction of sp³-hybridized carbons (Fsp3) is 0.588. The van der Waals surface area contributed by atoms with Crippen molar-refractivity contribution in [2.45, 2.75) is 39.2 Å². The second-order valence-corrected chi connectivity index (χ2v) is 6.29. The minimum atomic E-state index is -0.172. The van der Waals surface area contributed by atoms with Gasteiger partial charge in [-0.15, -0.1) is 0 Å². The van der Waals surface area contributed by atoms with Crippen molar-refractivity contribution in [3.63, 3.8) is 0 Å². The molecule has 21 heavy (non-hydrogen) atoms. The fourth-order valence-corrected chi connectivity index (χ4v) is 3.41. The third-order valence-corrected chi connectivity index (χ3v) is 4.84. The van der Waals surface area contributed by atoms with Crippen LogP contribution in [0.15, 0.2) is 29.3 Å². The van der Waals surface area contributed by atoms with Gasteiger partial charge in [-0.1, -0.05) is 24.6 Å². The first-order valence-electron chi connectivity index (χ1n) is 7.99. The van der Waals surface area contributed by atoms with Crippen molar-refractivity contribution in [3.05, 3.63) is 35.6 Å². The Balaban J connectivity index is 1.69. The largest absolute Gasteiger partial charge is 0.357 e. The molecule has 1 aromatic carbocycles. The normalized spacial score (nSPS) is 20.7. The van der Waals surface area contributed by atoms with Gasteiger partial charge in [0.05, 0.1) is 6.54 Å². The number of halogens is 1. The molecular formula is C17H24FN3. The summed E-state index contributed by atoms with van der Waals surface area (Å²) in [5.74, 6) is 0.763. The smallest absolute Gasteiger partial charge is 0.194 e. The zero-order chi connectivity index (χ0) is 14.7. The summed E-state index contributed by atoms with van der Waals surface area (Å²) >= 11 is 0. The zero-order valence-corrected chi connectivity index (χ0v) is 12.7. The molecule has 4 heteroatoms. The lowest BCUT2D eigenvalue weighted by molar-refractivity contribution is 0.151. The molecule has 1 aliphatic heterocycles. The summed E-state index contributed by atoms with van der Waals surface area (Å²) in [6.07, 6.45) is 5.36. The minimum absolute atomic E-state index is 0.172. The van der Waals surface area contributed by atoms with Gasteiger partial charge >= 0.3 is 0 Å². The monoisotopic (exact) mass is 289 g/mol. The maximum Gasteiger partial charge on any atom is 0.194 e. The Morgan fingerprint density at radius 2 is 2.14 bits per heavy atom. The predicted molar refractivity (Wildman–Crippen MR) is 83.7 cm³/mol. The molecule has 0 unspecified atom stereocenters. The molecule has 1 spiro atoms. The Morgan fingerprint density at radius 3 is 2.76 bits per heavy atom. The van der Waals surface area contributed by atoms with Gasteiger partial charge in [-0.2, -0.15) is 0 Å². The van der Waals surface area contributed by atoms with Crippen molar-refractivity contribution in [2.75, 3.05) is 19.6 Å². The summed E-state index contributed by atoms with van der Waals surface area (Å²) in [5.41, 5.74) is 1.21. The standard InChI is InChI=1S/C17H24FN3/c1-2-19-16(20-12-14-6-3-4-7-15(14)18)21-11-10-17(13-21)8-5-9-17/h3-4,6-7H,2,5,8-13H2,1H3,(H,19,20). The van der Waals surface area contributed by atoms with E-state index in [1.807, 2.05) is 6.07 Å². The van der Waals surface area contributed by atoms with Gasteiger partial charge in [0.15, 0.2) is 5.96 Å². The highest BCUT2D eigenvalue weighted by Crippen LogP contribution is 2.47. The summed E-state index contributed by atoms with van der Waals surface area (Å²) in [6, 6.07) is 6.88. The average molecular weight is 289 g/mol. The van der Waals surface area contributed by atoms with Crippen molar-refractivity contribution in [2.24, 2.45) is 10.4 Å². The third kappa shape index (κ3) is 3.04. The van der Waals surface area contributed by atoms with Crippen LogP contribution in [0.5, 0.6) is 0 Å². The number of guanidine groups is 1. The van der Waals surface area contributed by atoms with Crippen LogP contribution >= 0.6 is 0 Å². The minimum Gasteiger partial charge on any atom is -0.357 e. The van der Waals surface area contributed by atoms with Crippen molar-refractivity contribution >= 4 is 5.96 Å². The Morgan fingerprint density at radius 1 is 1.33 bits per heavy atom. The van der Waals surface area contributed by atoms with Gasteiger partial charge in [-0.05, 0) is 37.7 Å². The van der Waals surface area contributed by atoms with E-state index < -0.39 is 0 Å². The van der Waals surface area contributed by atoms with E-state index in [4.69, 9.17) is 0 Å². The van der Waals surface area contributed by atoms with Crippen LogP contribution in [-0.4, -0.2) is 30.5 Å². The summed E-state index contributed by atoms with van der Waals surface area (Å²) in [7, 11) is 0. The van der Waals surface area contributed by atoms with E-state index >= 15 is 0 Å². The second kappa shape index (κ2) is 6.04. The zero-order valence-electron chi connectivity index (χ0n) is 12.7. The Kier molecular flexibility index (Phi) is 4.13. The highest BCUT2D eigenvalue weighted by Gasteiger charge is 2.43. The third-order valence-electron chi connectivity index (χ3n) is 4.84. The molecule has 1 aliphatic carbocycles. The first-order chi connectivity index (χ1) is 10.2. The topological polar surface area (TPSA) is 27.6 Å². The molecule has 3 nitrogen and oxygen atoms in total. The molecule has 1 aromatic rings. The van der Waals surface area contributed by atoms with E-state index in [9.17, 15) is 4.39 Å². The van der Waals surface area contributed by atoms with Gasteiger partial charge in [-0.3, -0.25) is 0 Å². The van der Waals surface area contributed by atoms with E-state index in [1.165, 1.54) is 31.7 Å². The van der Waals surface area contributed by atoms with Crippen molar-refractivity contribution in [3.8, 4) is 0 Å². The molecule has 1 saturated carbocycles. The van der Waals surface area contributed by atoms with Crippen molar-refractivity contribution < 1.29 is 4.39 Å². The van der Waals surface area contributed by atoms with Crippen LogP contribution in [0.25, 0.3) is 0 Å². The van der Waals surface area contributed by atoms with Crippen LogP contribution in [0.3, 0.4) is 0 Å². The maximum absolute atomic E-state index is 13.7. The van der Waals surface area contributed by atoms with Crippen LogP contribution < -0.4 is 5.32 Å². The maximum atomic E-state index is 13.7. The lowest BCUT2D eigenvalue weighted by Gasteiger charge is -2.38. The van der Waals surface area contributed by atoms with Crippen molar-refractivity contribution in [1.29, 1.82) is 0 Å². The number of hydrogen-bond donors (Lipinski definition) is 1. The number of aliphatic imine (C=N–C) groups is 1. The first kappa shape index (κ1) is 14.4. The van der Waals surface area contributed by atoms with E-state index in [1.54, 1.807) is 12.1 Å². The lowest BCUT2D eigenvalue weighted by atomic mass is 9.68. The van der Waals surface area contributed by atoms with Crippen LogP contribution in [-0.2, 0) is 6.54 Å². The van der Waals surface area contributed by atoms with Gasteiger partial charge in [0.25, 0.3) is 0 Å². The Labute approximate surface area is 126 Å². The number of hydrogen-bond acceptors (Lipinski definition) is 1. The summed E-state index contributed by atoms with van der Waals surface area (Å²) in [5, 5.41) is 3.35. The molecular weight excluding hydrogens is 265 g/mol. The number of likely N-dealkylation sites (tertiary alicyclic amines) is 1. The van der Waals surface area contributed by atoms with Gasteiger partial charge < -0.3 is 10.2 Å². The highest BCUT2D eigenvalue weighted by atomic mass is 19.1. The molecule has 2 aliphatic rings. The Bertz CT molecular complexity index is 523. The molecule has 0 atom stereocenters. The van der Waals surface area contributed by atoms with Crippen LogP contribution in [0, 0.1) is 11.2 Å². The highest BCUT2D eigenvalue weighted by molar-refractivity contribution is 5.80. The molecule has 1 heterocycles. The molecule has 2 fully saturated rings. The molecule has 0 bridgehead atoms. The molecule has 0 radical (unpaired) electrons. The fourth-order valence-electron chi connectivity index (χ4n) is 3.41. The quantitative estimate of drug-likeness (QED) is 0.683. The van der Waals surface area contributed by atoms with Crippen molar-refractivity contribution in [1.82, 2.24) is 10.2 Å². The Hall–Kier alpha value is -1.58. The van der Waals surface area contributed by atoms with E-state index in [2.05, 4.69) is 22.1 Å². The van der Waals surface area contributed by atoms with Crippen LogP contribution in [0.2, 0.25) is 0 Å². The summed E-state index contributed by atoms with van der Waals surface area (Å²) in [4.78, 5) is 6.99. The molecule has 1 N–H and O–H groups in total. The predicted octanol–water partition coefficient (Wildman–Crippen LogP) is 3.17. The second-order valence-electron chi connectivity index (χ2n) is 6.29. The van der Waals surface area contributed by atoms with Gasteiger partial charge in [0, 0.05) is 25.2 Å². The van der Waals surface area contributed by atoms with E-state index in [-0.39, 0.29) is 5.82 Å². The van der Waals surface area contributed by atoms with Gasteiger partial charge in [0.2, 0.25) is 0 Å². The number of nitrogens with one attached hydrogen (secondary N) is 1. The van der Waals surface area contributed by atoms with Crippen LogP contribution in [0.4, 0.5) is 4.39 Å². The average Bonchev–Trinajstić information content (AvgIpc) is 2.90. The SMILES string of the molecule is CCNC(=NCc1ccccc1F)N1CCC2(CCC2)C1. The molecule has 0 aromatic heterocycles. The van der Waals surface area contributed by atoms with Gasteiger partial charge in [0.1, 0.15) is 5.82 Å². The molecule has 114 valence electrons. The molecule has 3 rings (SSSR count).